The largest absolute Gasteiger partial charge is 0.490 e. The molecule has 3 aromatic carbocycles. The van der Waals surface area contributed by atoms with Gasteiger partial charge in [-0.25, -0.2) is 4.98 Å². The van der Waals surface area contributed by atoms with Gasteiger partial charge in [-0.2, -0.15) is 5.10 Å². The third kappa shape index (κ3) is 6.70. The van der Waals surface area contributed by atoms with Crippen LogP contribution in [-0.4, -0.2) is 24.4 Å². The van der Waals surface area contributed by atoms with Crippen molar-refractivity contribution in [2.24, 2.45) is 5.10 Å². The summed E-state index contributed by atoms with van der Waals surface area (Å²) in [5.41, 5.74) is 7.20. The van der Waals surface area contributed by atoms with Crippen LogP contribution >= 0.6 is 11.3 Å². The molecule has 0 aliphatic carbocycles. The lowest BCUT2D eigenvalue weighted by Gasteiger charge is -2.12. The van der Waals surface area contributed by atoms with E-state index in [0.29, 0.717) is 13.2 Å². The Balaban J connectivity index is 1.51. The lowest BCUT2D eigenvalue weighted by molar-refractivity contribution is 0.271. The van der Waals surface area contributed by atoms with Gasteiger partial charge in [-0.05, 0) is 42.7 Å². The van der Waals surface area contributed by atoms with Gasteiger partial charge in [0.2, 0.25) is 5.13 Å². The van der Waals surface area contributed by atoms with Crippen molar-refractivity contribution >= 4 is 22.7 Å². The zero-order chi connectivity index (χ0) is 24.3. The van der Waals surface area contributed by atoms with E-state index in [9.17, 15) is 0 Å². The first-order valence-electron chi connectivity index (χ1n) is 12.1. The summed E-state index contributed by atoms with van der Waals surface area (Å²) in [6, 6.07) is 26.4. The van der Waals surface area contributed by atoms with Crippen LogP contribution in [0.4, 0.5) is 5.13 Å². The molecule has 5 nitrogen and oxygen atoms in total. The predicted molar refractivity (Wildman–Crippen MR) is 147 cm³/mol. The number of hydrogen-bond donors (Lipinski definition) is 1. The monoisotopic (exact) mass is 485 g/mol. The van der Waals surface area contributed by atoms with Gasteiger partial charge < -0.3 is 9.47 Å². The molecule has 0 bridgehead atoms. The number of thiazole rings is 1. The summed E-state index contributed by atoms with van der Waals surface area (Å²) in [5, 5.41) is 5.18. The molecule has 0 saturated heterocycles. The SMILES string of the molecule is CCCCCOc1ccc(/C=N\Nc2nc(-c3ccccc3)c(-c3ccccc3)s2)cc1OCC. The number of hydrazone groups is 1. The Bertz CT molecular complexity index is 1170. The van der Waals surface area contributed by atoms with E-state index in [0.717, 1.165) is 56.7 Å². The lowest BCUT2D eigenvalue weighted by Crippen LogP contribution is -2.01. The van der Waals surface area contributed by atoms with E-state index >= 15 is 0 Å². The maximum Gasteiger partial charge on any atom is 0.204 e. The lowest BCUT2D eigenvalue weighted by atomic mass is 10.1. The first-order valence-corrected chi connectivity index (χ1v) is 12.9. The fourth-order valence-corrected chi connectivity index (χ4v) is 4.58. The molecule has 0 fully saturated rings. The molecule has 0 radical (unpaired) electrons. The minimum atomic E-state index is 0.577. The Morgan fingerprint density at radius 2 is 1.60 bits per heavy atom. The molecule has 0 spiro atoms. The van der Waals surface area contributed by atoms with Gasteiger partial charge in [0.1, 0.15) is 0 Å². The van der Waals surface area contributed by atoms with Crippen LogP contribution < -0.4 is 14.9 Å². The molecule has 0 unspecified atom stereocenters. The van der Waals surface area contributed by atoms with E-state index < -0.39 is 0 Å². The van der Waals surface area contributed by atoms with E-state index in [1.165, 1.54) is 6.42 Å². The van der Waals surface area contributed by atoms with Crippen molar-refractivity contribution in [3.63, 3.8) is 0 Å². The Labute approximate surface area is 211 Å². The highest BCUT2D eigenvalue weighted by atomic mass is 32.1. The molecule has 0 saturated carbocycles. The molecule has 35 heavy (non-hydrogen) atoms. The number of unbranched alkanes of at least 4 members (excludes halogenated alkanes) is 2. The number of rotatable bonds is 12. The average Bonchev–Trinajstić information content (AvgIpc) is 3.33. The summed E-state index contributed by atoms with van der Waals surface area (Å²) in [6.45, 7) is 5.43. The van der Waals surface area contributed by atoms with Gasteiger partial charge in [0.25, 0.3) is 0 Å². The number of hydrogen-bond acceptors (Lipinski definition) is 6. The summed E-state index contributed by atoms with van der Waals surface area (Å²) in [7, 11) is 0. The number of nitrogens with zero attached hydrogens (tertiary/aromatic N) is 2. The summed E-state index contributed by atoms with van der Waals surface area (Å²) in [6.07, 6.45) is 5.14. The first-order chi connectivity index (χ1) is 17.3. The highest BCUT2D eigenvalue weighted by Gasteiger charge is 2.14. The zero-order valence-corrected chi connectivity index (χ0v) is 21.1. The van der Waals surface area contributed by atoms with Crippen LogP contribution in [0, 0.1) is 0 Å². The van der Waals surface area contributed by atoms with E-state index in [2.05, 4.69) is 41.7 Å². The van der Waals surface area contributed by atoms with Crippen molar-refractivity contribution in [1.82, 2.24) is 4.98 Å². The van der Waals surface area contributed by atoms with Gasteiger partial charge >= 0.3 is 0 Å². The minimum Gasteiger partial charge on any atom is -0.490 e. The van der Waals surface area contributed by atoms with Gasteiger partial charge in [0.05, 0.1) is 30.0 Å². The summed E-state index contributed by atoms with van der Waals surface area (Å²) in [5.74, 6) is 1.51. The molecule has 0 amide bonds. The van der Waals surface area contributed by atoms with E-state index in [-0.39, 0.29) is 0 Å². The number of aromatic nitrogens is 1. The second-order valence-corrected chi connectivity index (χ2v) is 8.99. The zero-order valence-electron chi connectivity index (χ0n) is 20.2. The minimum absolute atomic E-state index is 0.577. The Morgan fingerprint density at radius 1 is 0.857 bits per heavy atom. The highest BCUT2D eigenvalue weighted by molar-refractivity contribution is 7.19. The summed E-state index contributed by atoms with van der Waals surface area (Å²) < 4.78 is 11.7. The normalized spacial score (nSPS) is 11.0. The fourth-order valence-electron chi connectivity index (χ4n) is 3.63. The fraction of sp³-hybridized carbons (Fsp3) is 0.241. The van der Waals surface area contributed by atoms with Gasteiger partial charge in [0, 0.05) is 5.56 Å². The van der Waals surface area contributed by atoms with Crippen LogP contribution in [0.3, 0.4) is 0 Å². The van der Waals surface area contributed by atoms with Crippen molar-refractivity contribution in [2.75, 3.05) is 18.6 Å². The maximum atomic E-state index is 5.93. The number of anilines is 1. The molecule has 180 valence electrons. The molecule has 0 aliphatic rings. The molecule has 4 aromatic rings. The van der Waals surface area contributed by atoms with Crippen LogP contribution in [0.2, 0.25) is 0 Å². The van der Waals surface area contributed by atoms with Crippen molar-refractivity contribution in [3.8, 4) is 33.2 Å². The first kappa shape index (κ1) is 24.5. The van der Waals surface area contributed by atoms with Crippen LogP contribution in [-0.2, 0) is 0 Å². The van der Waals surface area contributed by atoms with E-state index in [1.54, 1.807) is 17.6 Å². The molecule has 1 N–H and O–H groups in total. The molecule has 4 rings (SSSR count). The molecular weight excluding hydrogens is 454 g/mol. The van der Waals surface area contributed by atoms with Crippen LogP contribution in [0.1, 0.15) is 38.7 Å². The third-order valence-corrected chi connectivity index (χ3v) is 6.37. The van der Waals surface area contributed by atoms with Crippen LogP contribution in [0.15, 0.2) is 84.0 Å². The van der Waals surface area contributed by atoms with E-state index in [1.807, 2.05) is 61.5 Å². The van der Waals surface area contributed by atoms with E-state index in [4.69, 9.17) is 14.5 Å². The van der Waals surface area contributed by atoms with Crippen LogP contribution in [0.5, 0.6) is 11.5 Å². The second kappa shape index (κ2) is 12.7. The Kier molecular flexibility index (Phi) is 8.90. The molecule has 0 atom stereocenters. The van der Waals surface area contributed by atoms with Crippen LogP contribution in [0.25, 0.3) is 21.7 Å². The standard InChI is InChI=1S/C29H31N3O2S/c1-3-5-12-19-34-25-18-17-22(20-26(25)33-4-2)21-30-32-29-31-27(23-13-8-6-9-14-23)28(35-29)24-15-10-7-11-16-24/h6-11,13-18,20-21H,3-5,12,19H2,1-2H3,(H,31,32)/b30-21-. The number of ether oxygens (including phenoxy) is 2. The van der Waals surface area contributed by atoms with Crippen molar-refractivity contribution in [3.05, 3.63) is 84.4 Å². The Hall–Kier alpha value is -3.64. The second-order valence-electron chi connectivity index (χ2n) is 7.99. The van der Waals surface area contributed by atoms with Crippen molar-refractivity contribution in [1.29, 1.82) is 0 Å². The van der Waals surface area contributed by atoms with Gasteiger partial charge in [-0.1, -0.05) is 91.8 Å². The number of benzene rings is 3. The van der Waals surface area contributed by atoms with Gasteiger partial charge in [-0.3, -0.25) is 5.43 Å². The number of nitrogens with one attached hydrogen (secondary N) is 1. The summed E-state index contributed by atoms with van der Waals surface area (Å²) >= 11 is 1.59. The molecule has 1 aromatic heterocycles. The van der Waals surface area contributed by atoms with Gasteiger partial charge in [0.15, 0.2) is 11.5 Å². The van der Waals surface area contributed by atoms with Crippen molar-refractivity contribution in [2.45, 2.75) is 33.1 Å². The average molecular weight is 486 g/mol. The molecule has 0 aliphatic heterocycles. The molecular formula is C29H31N3O2S. The topological polar surface area (TPSA) is 55.7 Å². The molecule has 1 heterocycles. The quantitative estimate of drug-likeness (QED) is 0.126. The Morgan fingerprint density at radius 3 is 2.31 bits per heavy atom. The van der Waals surface area contributed by atoms with Gasteiger partial charge in [-0.15, -0.1) is 0 Å². The smallest absolute Gasteiger partial charge is 0.204 e. The molecule has 6 heteroatoms. The highest BCUT2D eigenvalue weighted by Crippen LogP contribution is 2.39. The maximum absolute atomic E-state index is 5.93. The third-order valence-electron chi connectivity index (χ3n) is 5.36. The summed E-state index contributed by atoms with van der Waals surface area (Å²) in [4.78, 5) is 5.96. The predicted octanol–water partition coefficient (Wildman–Crippen LogP) is 7.89. The van der Waals surface area contributed by atoms with Crippen molar-refractivity contribution < 1.29 is 9.47 Å².